The molecule has 1 aliphatic rings. The van der Waals surface area contributed by atoms with E-state index >= 15 is 0 Å². The molecule has 0 aliphatic carbocycles. The molecule has 29 heavy (non-hydrogen) atoms. The molecule has 0 saturated heterocycles. The maximum atomic E-state index is 13.5. The molecule has 1 amide bonds. The van der Waals surface area contributed by atoms with Crippen molar-refractivity contribution in [2.45, 2.75) is 59.9 Å². The third-order valence-corrected chi connectivity index (χ3v) is 9.40. The van der Waals surface area contributed by atoms with Crippen LogP contribution in [0.4, 0.5) is 0 Å². The number of carbonyl (C=O) groups excluding carboxylic acids is 1. The first-order valence-corrected chi connectivity index (χ1v) is 13.0. The summed E-state index contributed by atoms with van der Waals surface area (Å²) in [5, 5.41) is 0. The lowest BCUT2D eigenvalue weighted by Crippen LogP contribution is -2.30. The number of unbranched alkanes of at least 4 members (excludes halogenated alkanes) is 1. The molecule has 154 valence electrons. The van der Waals surface area contributed by atoms with Gasteiger partial charge in [0.15, 0.2) is 0 Å². The van der Waals surface area contributed by atoms with Crippen LogP contribution < -0.4 is 0 Å². The molecular weight excluding hydrogens is 414 g/mol. The molecule has 4 heterocycles. The molecule has 1 aliphatic heterocycles. The van der Waals surface area contributed by atoms with Gasteiger partial charge in [-0.2, -0.15) is 0 Å². The van der Waals surface area contributed by atoms with E-state index in [1.54, 1.807) is 11.3 Å². The average molecular weight is 444 g/mol. The topological polar surface area (TPSA) is 20.3 Å². The largest absolute Gasteiger partial charge is 0.334 e. The normalized spacial score (nSPS) is 14.6. The van der Waals surface area contributed by atoms with Gasteiger partial charge in [0.25, 0.3) is 5.91 Å². The zero-order chi connectivity index (χ0) is 20.5. The highest BCUT2D eigenvalue weighted by Gasteiger charge is 2.36. The van der Waals surface area contributed by atoms with E-state index < -0.39 is 0 Å². The van der Waals surface area contributed by atoms with E-state index in [2.05, 4.69) is 56.9 Å². The van der Waals surface area contributed by atoms with Crippen molar-refractivity contribution in [2.24, 2.45) is 5.92 Å². The first-order chi connectivity index (χ1) is 14.0. The van der Waals surface area contributed by atoms with Crippen LogP contribution in [0.3, 0.4) is 0 Å². The Morgan fingerprint density at radius 3 is 2.17 bits per heavy atom. The standard InChI is InChI=1S/C24H29NOS3/c1-5-7-8-17(6-2)13-25-14-18-21(24(25)26)23(20-12-10-16(4)28-20)29-22(18)19-11-9-15(3)27-19/h9-12,17H,5-8,13-14H2,1-4H3. The maximum absolute atomic E-state index is 13.5. The molecule has 3 aromatic rings. The van der Waals surface area contributed by atoms with Gasteiger partial charge in [0.2, 0.25) is 0 Å². The fraction of sp³-hybridized carbons (Fsp3) is 0.458. The number of nitrogens with zero attached hydrogens (tertiary/aromatic N) is 1. The first kappa shape index (κ1) is 20.8. The van der Waals surface area contributed by atoms with Crippen molar-refractivity contribution in [1.29, 1.82) is 0 Å². The predicted molar refractivity (Wildman–Crippen MR) is 128 cm³/mol. The summed E-state index contributed by atoms with van der Waals surface area (Å²) in [4.78, 5) is 23.3. The Hall–Kier alpha value is -1.43. The van der Waals surface area contributed by atoms with E-state index in [1.807, 2.05) is 22.7 Å². The number of carbonyl (C=O) groups is 1. The number of hydrogen-bond acceptors (Lipinski definition) is 4. The van der Waals surface area contributed by atoms with Crippen LogP contribution in [-0.4, -0.2) is 17.4 Å². The van der Waals surface area contributed by atoms with Crippen LogP contribution in [-0.2, 0) is 6.54 Å². The molecule has 0 aromatic carbocycles. The van der Waals surface area contributed by atoms with Gasteiger partial charge < -0.3 is 4.90 Å². The minimum absolute atomic E-state index is 0.242. The van der Waals surface area contributed by atoms with Gasteiger partial charge in [0, 0.05) is 38.2 Å². The van der Waals surface area contributed by atoms with Crippen molar-refractivity contribution >= 4 is 39.9 Å². The molecule has 5 heteroatoms. The highest BCUT2D eigenvalue weighted by molar-refractivity contribution is 7.27. The molecule has 0 fully saturated rings. The van der Waals surface area contributed by atoms with E-state index in [1.165, 1.54) is 54.1 Å². The van der Waals surface area contributed by atoms with E-state index in [4.69, 9.17) is 0 Å². The van der Waals surface area contributed by atoms with Crippen molar-refractivity contribution in [3.8, 4) is 19.5 Å². The minimum Gasteiger partial charge on any atom is -0.334 e. The smallest absolute Gasteiger partial charge is 0.256 e. The zero-order valence-electron chi connectivity index (χ0n) is 17.7. The van der Waals surface area contributed by atoms with Crippen molar-refractivity contribution in [1.82, 2.24) is 4.90 Å². The van der Waals surface area contributed by atoms with Crippen molar-refractivity contribution in [2.75, 3.05) is 6.54 Å². The van der Waals surface area contributed by atoms with E-state index in [0.717, 1.165) is 25.1 Å². The molecule has 2 nitrogen and oxygen atoms in total. The predicted octanol–water partition coefficient (Wildman–Crippen LogP) is 7.99. The number of aryl methyl sites for hydroxylation is 2. The Balaban J connectivity index is 1.71. The van der Waals surface area contributed by atoms with E-state index in [-0.39, 0.29) is 5.91 Å². The summed E-state index contributed by atoms with van der Waals surface area (Å²) >= 11 is 5.45. The molecule has 0 bridgehead atoms. The van der Waals surface area contributed by atoms with Crippen molar-refractivity contribution < 1.29 is 4.79 Å². The molecule has 0 saturated carbocycles. The van der Waals surface area contributed by atoms with Crippen LogP contribution in [0.25, 0.3) is 19.5 Å². The fourth-order valence-electron chi connectivity index (χ4n) is 4.13. The number of thiophene rings is 3. The van der Waals surface area contributed by atoms with Gasteiger partial charge in [-0.25, -0.2) is 0 Å². The zero-order valence-corrected chi connectivity index (χ0v) is 20.2. The van der Waals surface area contributed by atoms with Crippen LogP contribution in [0, 0.1) is 19.8 Å². The Morgan fingerprint density at radius 2 is 1.62 bits per heavy atom. The molecule has 0 radical (unpaired) electrons. The number of amides is 1. The van der Waals surface area contributed by atoms with Gasteiger partial charge in [0.1, 0.15) is 0 Å². The quantitative estimate of drug-likeness (QED) is 0.345. The van der Waals surface area contributed by atoms with Gasteiger partial charge >= 0.3 is 0 Å². The van der Waals surface area contributed by atoms with Gasteiger partial charge in [-0.15, -0.1) is 34.0 Å². The molecule has 0 spiro atoms. The molecule has 4 rings (SSSR count). The summed E-state index contributed by atoms with van der Waals surface area (Å²) in [5.74, 6) is 0.846. The average Bonchev–Trinajstić information content (AvgIpc) is 3.46. The summed E-state index contributed by atoms with van der Waals surface area (Å²) in [6.07, 6.45) is 4.84. The molecule has 1 unspecified atom stereocenters. The highest BCUT2D eigenvalue weighted by atomic mass is 32.1. The van der Waals surface area contributed by atoms with E-state index in [9.17, 15) is 4.79 Å². The van der Waals surface area contributed by atoms with Gasteiger partial charge in [-0.3, -0.25) is 4.79 Å². The van der Waals surface area contributed by atoms with Crippen LogP contribution in [0.1, 0.15) is 65.2 Å². The van der Waals surface area contributed by atoms with Gasteiger partial charge in [-0.05, 0) is 50.5 Å². The number of fused-ring (bicyclic) bond motifs is 1. The van der Waals surface area contributed by atoms with Gasteiger partial charge in [-0.1, -0.05) is 33.1 Å². The van der Waals surface area contributed by atoms with Gasteiger partial charge in [0.05, 0.1) is 15.3 Å². The third-order valence-electron chi connectivity index (χ3n) is 5.81. The maximum Gasteiger partial charge on any atom is 0.256 e. The van der Waals surface area contributed by atoms with Crippen LogP contribution in [0.5, 0.6) is 0 Å². The first-order valence-electron chi connectivity index (χ1n) is 10.6. The Labute approximate surface area is 186 Å². The summed E-state index contributed by atoms with van der Waals surface area (Å²) < 4.78 is 0. The lowest BCUT2D eigenvalue weighted by atomic mass is 9.99. The van der Waals surface area contributed by atoms with Crippen LogP contribution >= 0.6 is 34.0 Å². The number of hydrogen-bond donors (Lipinski definition) is 0. The van der Waals surface area contributed by atoms with Crippen LogP contribution in [0.15, 0.2) is 24.3 Å². The molecular formula is C24H29NOS3. The Kier molecular flexibility index (Phi) is 6.28. The van der Waals surface area contributed by atoms with E-state index in [0.29, 0.717) is 5.92 Å². The Bertz CT molecular complexity index is 1010. The SMILES string of the molecule is CCCCC(CC)CN1Cc2c(-c3ccc(C)s3)sc(-c3ccc(C)s3)c2C1=O. The molecule has 3 aromatic heterocycles. The van der Waals surface area contributed by atoms with Crippen molar-refractivity contribution in [3.05, 3.63) is 45.1 Å². The second-order valence-electron chi connectivity index (χ2n) is 8.04. The third kappa shape index (κ3) is 4.10. The van der Waals surface area contributed by atoms with Crippen LogP contribution in [0.2, 0.25) is 0 Å². The van der Waals surface area contributed by atoms with Crippen molar-refractivity contribution in [3.63, 3.8) is 0 Å². The second kappa shape index (κ2) is 8.75. The summed E-state index contributed by atoms with van der Waals surface area (Å²) in [7, 11) is 0. The second-order valence-corrected chi connectivity index (χ2v) is 11.6. The summed E-state index contributed by atoms with van der Waals surface area (Å²) in [6, 6.07) is 8.75. The Morgan fingerprint density at radius 1 is 0.966 bits per heavy atom. The summed E-state index contributed by atoms with van der Waals surface area (Å²) in [6.45, 7) is 10.5. The summed E-state index contributed by atoms with van der Waals surface area (Å²) in [5.41, 5.74) is 2.23. The lowest BCUT2D eigenvalue weighted by molar-refractivity contribution is 0.0747. The minimum atomic E-state index is 0.242. The number of rotatable bonds is 8. The fourth-order valence-corrected chi connectivity index (χ4v) is 7.42. The highest BCUT2D eigenvalue weighted by Crippen LogP contribution is 2.49. The molecule has 0 N–H and O–H groups in total. The monoisotopic (exact) mass is 443 g/mol. The lowest BCUT2D eigenvalue weighted by Gasteiger charge is -2.23. The molecule has 1 atom stereocenters.